The highest BCUT2D eigenvalue weighted by atomic mass is 32.2. The summed E-state index contributed by atoms with van der Waals surface area (Å²) in [5.74, 6) is 0.337. The molecule has 1 aliphatic heterocycles. The van der Waals surface area contributed by atoms with E-state index in [1.54, 1.807) is 6.92 Å². The predicted molar refractivity (Wildman–Crippen MR) is 71.3 cm³/mol. The van der Waals surface area contributed by atoms with Crippen molar-refractivity contribution in [1.82, 2.24) is 9.03 Å². The SMILES string of the molecule is CCCS(=O)(=O)NCCCN1CCCCS1(=O)=O. The summed E-state index contributed by atoms with van der Waals surface area (Å²) in [5, 5.41) is 0. The molecule has 0 aromatic rings. The van der Waals surface area contributed by atoms with Gasteiger partial charge >= 0.3 is 0 Å². The van der Waals surface area contributed by atoms with Gasteiger partial charge in [-0.05, 0) is 25.7 Å². The molecule has 0 saturated carbocycles. The Morgan fingerprint density at radius 2 is 2.00 bits per heavy atom. The molecule has 0 unspecified atom stereocenters. The second kappa shape index (κ2) is 6.83. The predicted octanol–water partition coefficient (Wildman–Crippen LogP) is 0.132. The van der Waals surface area contributed by atoms with Gasteiger partial charge in [0.1, 0.15) is 0 Å². The van der Waals surface area contributed by atoms with Crippen molar-refractivity contribution in [2.24, 2.45) is 0 Å². The summed E-state index contributed by atoms with van der Waals surface area (Å²) in [5.41, 5.74) is 0. The van der Waals surface area contributed by atoms with E-state index in [0.717, 1.165) is 12.8 Å². The van der Waals surface area contributed by atoms with E-state index in [-0.39, 0.29) is 11.5 Å². The maximum Gasteiger partial charge on any atom is 0.214 e. The number of rotatable bonds is 7. The van der Waals surface area contributed by atoms with Crippen LogP contribution in [-0.2, 0) is 20.0 Å². The van der Waals surface area contributed by atoms with Gasteiger partial charge in [-0.25, -0.2) is 25.9 Å². The molecule has 1 fully saturated rings. The molecule has 0 radical (unpaired) electrons. The lowest BCUT2D eigenvalue weighted by Gasteiger charge is -2.26. The molecule has 6 nitrogen and oxygen atoms in total. The Morgan fingerprint density at radius 1 is 1.28 bits per heavy atom. The lowest BCUT2D eigenvalue weighted by molar-refractivity contribution is 0.378. The Labute approximate surface area is 110 Å². The van der Waals surface area contributed by atoms with Crippen LogP contribution in [0.5, 0.6) is 0 Å². The second-order valence-corrected chi connectivity index (χ2v) is 8.50. The smallest absolute Gasteiger partial charge is 0.214 e. The van der Waals surface area contributed by atoms with E-state index in [1.807, 2.05) is 0 Å². The van der Waals surface area contributed by atoms with E-state index in [4.69, 9.17) is 0 Å². The van der Waals surface area contributed by atoms with E-state index in [0.29, 0.717) is 32.5 Å². The summed E-state index contributed by atoms with van der Waals surface area (Å²) in [6.45, 7) is 3.06. The summed E-state index contributed by atoms with van der Waals surface area (Å²) in [6.07, 6.45) is 2.71. The van der Waals surface area contributed by atoms with Crippen molar-refractivity contribution in [1.29, 1.82) is 0 Å². The van der Waals surface area contributed by atoms with Crippen LogP contribution in [0.25, 0.3) is 0 Å². The Bertz CT molecular complexity index is 444. The fourth-order valence-corrected chi connectivity index (χ4v) is 4.69. The fraction of sp³-hybridized carbons (Fsp3) is 1.00. The third kappa shape index (κ3) is 5.21. The molecule has 1 rings (SSSR count). The standard InChI is InChI=1S/C10H22N2O4S2/c1-2-9-17(13,14)11-6-5-8-12-7-3-4-10-18(12,15)16/h11H,2-10H2,1H3. The summed E-state index contributed by atoms with van der Waals surface area (Å²) in [4.78, 5) is 0. The van der Waals surface area contributed by atoms with Gasteiger partial charge in [0.2, 0.25) is 20.0 Å². The van der Waals surface area contributed by atoms with E-state index >= 15 is 0 Å². The molecule has 0 spiro atoms. The van der Waals surface area contributed by atoms with Gasteiger partial charge in [0.15, 0.2) is 0 Å². The van der Waals surface area contributed by atoms with Crippen LogP contribution in [0.15, 0.2) is 0 Å². The molecule has 1 aliphatic rings. The zero-order chi connectivity index (χ0) is 13.6. The van der Waals surface area contributed by atoms with Crippen molar-refractivity contribution in [3.05, 3.63) is 0 Å². The van der Waals surface area contributed by atoms with Gasteiger partial charge in [-0.2, -0.15) is 0 Å². The van der Waals surface area contributed by atoms with Crippen LogP contribution >= 0.6 is 0 Å². The fourth-order valence-electron chi connectivity index (χ4n) is 1.92. The summed E-state index contributed by atoms with van der Waals surface area (Å²) in [7, 11) is -6.27. The van der Waals surface area contributed by atoms with Crippen LogP contribution in [0.3, 0.4) is 0 Å². The topological polar surface area (TPSA) is 83.6 Å². The number of sulfonamides is 2. The molecular weight excluding hydrogens is 276 g/mol. The minimum atomic E-state index is -3.18. The van der Waals surface area contributed by atoms with Crippen LogP contribution in [0.1, 0.15) is 32.6 Å². The first-order chi connectivity index (χ1) is 8.37. The minimum Gasteiger partial charge on any atom is -0.215 e. The third-order valence-electron chi connectivity index (χ3n) is 2.83. The molecule has 1 N–H and O–H groups in total. The average molecular weight is 298 g/mol. The van der Waals surface area contributed by atoms with Gasteiger partial charge in [-0.1, -0.05) is 6.92 Å². The van der Waals surface area contributed by atoms with Crippen molar-refractivity contribution in [3.8, 4) is 0 Å². The first kappa shape index (κ1) is 15.9. The molecule has 0 aromatic heterocycles. The van der Waals surface area contributed by atoms with Crippen LogP contribution in [0.4, 0.5) is 0 Å². The molecule has 0 amide bonds. The average Bonchev–Trinajstić information content (AvgIpc) is 2.25. The molecule has 0 atom stereocenters. The van der Waals surface area contributed by atoms with Gasteiger partial charge in [-0.15, -0.1) is 0 Å². The molecular formula is C10H22N2O4S2. The van der Waals surface area contributed by atoms with E-state index in [2.05, 4.69) is 4.72 Å². The number of hydrogen-bond donors (Lipinski definition) is 1. The Balaban J connectivity index is 2.30. The molecule has 1 saturated heterocycles. The minimum absolute atomic E-state index is 0.120. The highest BCUT2D eigenvalue weighted by Crippen LogP contribution is 2.13. The van der Waals surface area contributed by atoms with Gasteiger partial charge in [0.25, 0.3) is 0 Å². The quantitative estimate of drug-likeness (QED) is 0.677. The number of nitrogens with one attached hydrogen (secondary N) is 1. The molecule has 0 aliphatic carbocycles. The Kier molecular flexibility index (Phi) is 6.03. The maximum atomic E-state index is 11.7. The second-order valence-electron chi connectivity index (χ2n) is 4.49. The van der Waals surface area contributed by atoms with E-state index in [9.17, 15) is 16.8 Å². The van der Waals surface area contributed by atoms with Crippen LogP contribution in [0.2, 0.25) is 0 Å². The maximum absolute atomic E-state index is 11.7. The van der Waals surface area contributed by atoms with Gasteiger partial charge in [0, 0.05) is 19.6 Å². The van der Waals surface area contributed by atoms with Crippen molar-refractivity contribution in [2.45, 2.75) is 32.6 Å². The van der Waals surface area contributed by atoms with Crippen LogP contribution in [0, 0.1) is 0 Å². The number of nitrogens with zero attached hydrogens (tertiary/aromatic N) is 1. The lowest BCUT2D eigenvalue weighted by atomic mass is 10.3. The lowest BCUT2D eigenvalue weighted by Crippen LogP contribution is -2.39. The van der Waals surface area contributed by atoms with Crippen LogP contribution in [-0.4, -0.2) is 52.3 Å². The zero-order valence-corrected chi connectivity index (χ0v) is 12.4. The van der Waals surface area contributed by atoms with Crippen molar-refractivity contribution in [3.63, 3.8) is 0 Å². The third-order valence-corrected chi connectivity index (χ3v) is 6.38. The largest absolute Gasteiger partial charge is 0.215 e. The molecule has 1 heterocycles. The first-order valence-corrected chi connectivity index (χ1v) is 9.59. The number of hydrogen-bond acceptors (Lipinski definition) is 4. The van der Waals surface area contributed by atoms with Crippen LogP contribution < -0.4 is 4.72 Å². The summed E-state index contributed by atoms with van der Waals surface area (Å²) >= 11 is 0. The van der Waals surface area contributed by atoms with Gasteiger partial charge < -0.3 is 0 Å². The molecule has 108 valence electrons. The molecule has 0 bridgehead atoms. The van der Waals surface area contributed by atoms with Gasteiger partial charge in [0.05, 0.1) is 11.5 Å². The monoisotopic (exact) mass is 298 g/mol. The normalized spacial score (nSPS) is 20.9. The Morgan fingerprint density at radius 3 is 2.61 bits per heavy atom. The van der Waals surface area contributed by atoms with Gasteiger partial charge in [-0.3, -0.25) is 0 Å². The van der Waals surface area contributed by atoms with E-state index in [1.165, 1.54) is 4.31 Å². The molecule has 0 aromatic carbocycles. The van der Waals surface area contributed by atoms with Crippen molar-refractivity contribution in [2.75, 3.05) is 31.1 Å². The highest BCUT2D eigenvalue weighted by molar-refractivity contribution is 7.89. The van der Waals surface area contributed by atoms with Crippen molar-refractivity contribution >= 4 is 20.0 Å². The first-order valence-electron chi connectivity index (χ1n) is 6.32. The molecule has 8 heteroatoms. The highest BCUT2D eigenvalue weighted by Gasteiger charge is 2.24. The zero-order valence-electron chi connectivity index (χ0n) is 10.8. The summed E-state index contributed by atoms with van der Waals surface area (Å²) in [6, 6.07) is 0. The summed E-state index contributed by atoms with van der Waals surface area (Å²) < 4.78 is 50.0. The van der Waals surface area contributed by atoms with E-state index < -0.39 is 20.0 Å². The molecule has 18 heavy (non-hydrogen) atoms. The van der Waals surface area contributed by atoms with Crippen molar-refractivity contribution < 1.29 is 16.8 Å². The Hall–Kier alpha value is -0.180.